The van der Waals surface area contributed by atoms with E-state index in [2.05, 4.69) is 15.0 Å². The maximum absolute atomic E-state index is 12.1. The van der Waals surface area contributed by atoms with Crippen LogP contribution < -0.4 is 10.0 Å². The van der Waals surface area contributed by atoms with Crippen molar-refractivity contribution in [2.24, 2.45) is 4.99 Å². The second kappa shape index (κ2) is 11.9. The number of hydrogen-bond donors (Lipinski definition) is 2. The van der Waals surface area contributed by atoms with E-state index >= 15 is 0 Å². The summed E-state index contributed by atoms with van der Waals surface area (Å²) in [5, 5.41) is 3.10. The lowest BCUT2D eigenvalue weighted by atomic mass is 10.2. The minimum absolute atomic E-state index is 0. The molecule has 0 aliphatic carbocycles. The lowest BCUT2D eigenvalue weighted by Gasteiger charge is -2.22. The Morgan fingerprint density at radius 2 is 1.56 bits per heavy atom. The van der Waals surface area contributed by atoms with Crippen molar-refractivity contribution in [3.8, 4) is 0 Å². The molecule has 27 heavy (non-hydrogen) atoms. The summed E-state index contributed by atoms with van der Waals surface area (Å²) >= 11 is 0. The summed E-state index contributed by atoms with van der Waals surface area (Å²) in [4.78, 5) is 6.17. The molecular weight excluding hydrogens is 475 g/mol. The van der Waals surface area contributed by atoms with E-state index in [0.717, 1.165) is 11.1 Å². The van der Waals surface area contributed by atoms with Gasteiger partial charge in [-0.15, -0.1) is 24.0 Å². The molecule has 6 nitrogen and oxygen atoms in total. The maximum Gasteiger partial charge on any atom is 0.213 e. The highest BCUT2D eigenvalue weighted by Gasteiger charge is 2.12. The second-order valence-electron chi connectivity index (χ2n) is 5.94. The first kappa shape index (κ1) is 23.4. The molecule has 2 rings (SSSR count). The van der Waals surface area contributed by atoms with Gasteiger partial charge in [-0.3, -0.25) is 4.99 Å². The standard InChI is InChI=1S/C19H26N4O2S.HI/c1-20-19(23(2)16-18-11-7-4-8-12-18)21-13-14-26(24,25)22-15-17-9-5-3-6-10-17;/h3-12,22H,13-16H2,1-2H3,(H,20,21);1H. The molecule has 8 heteroatoms. The van der Waals surface area contributed by atoms with Gasteiger partial charge in [0, 0.05) is 33.7 Å². The number of benzene rings is 2. The molecule has 0 spiro atoms. The molecule has 0 unspecified atom stereocenters. The van der Waals surface area contributed by atoms with Crippen molar-refractivity contribution in [2.45, 2.75) is 13.1 Å². The Bertz CT molecular complexity index is 799. The van der Waals surface area contributed by atoms with Crippen LogP contribution in [0.15, 0.2) is 65.7 Å². The van der Waals surface area contributed by atoms with Crippen LogP contribution >= 0.6 is 24.0 Å². The van der Waals surface area contributed by atoms with Gasteiger partial charge >= 0.3 is 0 Å². The average Bonchev–Trinajstić information content (AvgIpc) is 2.65. The van der Waals surface area contributed by atoms with Crippen molar-refractivity contribution in [1.29, 1.82) is 0 Å². The molecule has 0 saturated carbocycles. The van der Waals surface area contributed by atoms with Crippen molar-refractivity contribution >= 4 is 40.0 Å². The van der Waals surface area contributed by atoms with Gasteiger partial charge in [0.2, 0.25) is 10.0 Å². The van der Waals surface area contributed by atoms with E-state index in [9.17, 15) is 8.42 Å². The Morgan fingerprint density at radius 1 is 1.00 bits per heavy atom. The summed E-state index contributed by atoms with van der Waals surface area (Å²) in [5.41, 5.74) is 2.09. The Kier molecular flexibility index (Phi) is 10.3. The quantitative estimate of drug-likeness (QED) is 0.331. The maximum atomic E-state index is 12.1. The van der Waals surface area contributed by atoms with Crippen molar-refractivity contribution in [1.82, 2.24) is 14.9 Å². The molecule has 0 atom stereocenters. The predicted molar refractivity (Wildman–Crippen MR) is 122 cm³/mol. The van der Waals surface area contributed by atoms with Gasteiger partial charge < -0.3 is 10.2 Å². The Hall–Kier alpha value is -1.65. The topological polar surface area (TPSA) is 73.8 Å². The van der Waals surface area contributed by atoms with Gasteiger partial charge in [-0.25, -0.2) is 13.1 Å². The Balaban J connectivity index is 0.00000364. The summed E-state index contributed by atoms with van der Waals surface area (Å²) in [6.07, 6.45) is 0. The average molecular weight is 502 g/mol. The van der Waals surface area contributed by atoms with Crippen LogP contribution in [0.4, 0.5) is 0 Å². The third kappa shape index (κ3) is 8.72. The fourth-order valence-corrected chi connectivity index (χ4v) is 3.38. The first-order valence-corrected chi connectivity index (χ1v) is 10.1. The fraction of sp³-hybridized carbons (Fsp3) is 0.316. The number of sulfonamides is 1. The van der Waals surface area contributed by atoms with Gasteiger partial charge in [0.1, 0.15) is 0 Å². The predicted octanol–water partition coefficient (Wildman–Crippen LogP) is 2.43. The first-order valence-electron chi connectivity index (χ1n) is 8.47. The third-order valence-corrected chi connectivity index (χ3v) is 5.15. The summed E-state index contributed by atoms with van der Waals surface area (Å²) < 4.78 is 26.9. The van der Waals surface area contributed by atoms with E-state index < -0.39 is 10.0 Å². The van der Waals surface area contributed by atoms with Crippen LogP contribution in [0.25, 0.3) is 0 Å². The molecule has 2 aromatic rings. The minimum Gasteiger partial charge on any atom is -0.355 e. The highest BCUT2D eigenvalue weighted by Crippen LogP contribution is 2.03. The number of nitrogens with zero attached hydrogens (tertiary/aromatic N) is 2. The van der Waals surface area contributed by atoms with Crippen LogP contribution in [-0.2, 0) is 23.1 Å². The van der Waals surface area contributed by atoms with Gasteiger partial charge in [-0.1, -0.05) is 60.7 Å². The van der Waals surface area contributed by atoms with E-state index in [1.165, 1.54) is 0 Å². The van der Waals surface area contributed by atoms with Gasteiger partial charge in [-0.2, -0.15) is 0 Å². The molecule has 0 heterocycles. The SMILES string of the molecule is CN=C(NCCS(=O)(=O)NCc1ccccc1)N(C)Cc1ccccc1.I. The Morgan fingerprint density at radius 3 is 2.11 bits per heavy atom. The molecule has 2 N–H and O–H groups in total. The van der Waals surface area contributed by atoms with E-state index in [-0.39, 0.29) is 36.3 Å². The smallest absolute Gasteiger partial charge is 0.213 e. The third-order valence-electron chi connectivity index (χ3n) is 3.83. The summed E-state index contributed by atoms with van der Waals surface area (Å²) in [6, 6.07) is 19.5. The van der Waals surface area contributed by atoms with E-state index in [1.54, 1.807) is 7.05 Å². The summed E-state index contributed by atoms with van der Waals surface area (Å²) in [7, 11) is 0.253. The number of aliphatic imine (C=N–C) groups is 1. The normalized spacial score (nSPS) is 11.6. The van der Waals surface area contributed by atoms with Gasteiger partial charge in [0.15, 0.2) is 5.96 Å². The lowest BCUT2D eigenvalue weighted by Crippen LogP contribution is -2.41. The zero-order valence-electron chi connectivity index (χ0n) is 15.6. The van der Waals surface area contributed by atoms with Crippen LogP contribution in [0, 0.1) is 0 Å². The molecule has 0 aliphatic heterocycles. The summed E-state index contributed by atoms with van der Waals surface area (Å²) in [5.74, 6) is 0.644. The van der Waals surface area contributed by atoms with E-state index in [0.29, 0.717) is 19.0 Å². The molecule has 0 fully saturated rings. The fourth-order valence-electron chi connectivity index (χ4n) is 2.48. The van der Waals surface area contributed by atoms with Crippen LogP contribution in [-0.4, -0.2) is 45.7 Å². The van der Waals surface area contributed by atoms with Crippen molar-refractivity contribution < 1.29 is 8.42 Å². The molecule has 2 aromatic carbocycles. The van der Waals surface area contributed by atoms with Crippen molar-refractivity contribution in [3.63, 3.8) is 0 Å². The molecule has 0 radical (unpaired) electrons. The zero-order valence-corrected chi connectivity index (χ0v) is 18.8. The molecule has 0 aromatic heterocycles. The van der Waals surface area contributed by atoms with Gasteiger partial charge in [0.05, 0.1) is 5.75 Å². The van der Waals surface area contributed by atoms with Crippen molar-refractivity contribution in [2.75, 3.05) is 26.4 Å². The molecular formula is C19H27IN4O2S. The van der Waals surface area contributed by atoms with Crippen molar-refractivity contribution in [3.05, 3.63) is 71.8 Å². The molecule has 0 saturated heterocycles. The number of halogens is 1. The largest absolute Gasteiger partial charge is 0.355 e. The van der Waals surface area contributed by atoms with E-state index in [1.807, 2.05) is 72.6 Å². The molecule has 0 amide bonds. The van der Waals surface area contributed by atoms with E-state index in [4.69, 9.17) is 0 Å². The molecule has 0 bridgehead atoms. The number of hydrogen-bond acceptors (Lipinski definition) is 3. The Labute approximate surface area is 179 Å². The van der Waals surface area contributed by atoms with Crippen LogP contribution in [0.2, 0.25) is 0 Å². The zero-order chi connectivity index (χ0) is 18.8. The number of guanidine groups is 1. The van der Waals surface area contributed by atoms with Gasteiger partial charge in [0.25, 0.3) is 0 Å². The lowest BCUT2D eigenvalue weighted by molar-refractivity contribution is 0.478. The first-order chi connectivity index (χ1) is 12.5. The summed E-state index contributed by atoms with van der Waals surface area (Å²) in [6.45, 7) is 1.28. The number of rotatable bonds is 8. The number of nitrogens with one attached hydrogen (secondary N) is 2. The van der Waals surface area contributed by atoms with Crippen LogP contribution in [0.3, 0.4) is 0 Å². The van der Waals surface area contributed by atoms with Gasteiger partial charge in [-0.05, 0) is 11.1 Å². The molecule has 148 valence electrons. The molecule has 0 aliphatic rings. The minimum atomic E-state index is -3.35. The second-order valence-corrected chi connectivity index (χ2v) is 7.87. The highest BCUT2D eigenvalue weighted by atomic mass is 127. The highest BCUT2D eigenvalue weighted by molar-refractivity contribution is 14.0. The van der Waals surface area contributed by atoms with Crippen LogP contribution in [0.1, 0.15) is 11.1 Å². The van der Waals surface area contributed by atoms with Crippen LogP contribution in [0.5, 0.6) is 0 Å². The monoisotopic (exact) mass is 502 g/mol.